The zero-order valence-corrected chi connectivity index (χ0v) is 67.4. The summed E-state index contributed by atoms with van der Waals surface area (Å²) in [5.41, 5.74) is 25.5. The summed E-state index contributed by atoms with van der Waals surface area (Å²) in [6, 6.07) is 52.9. The molecule has 0 spiro atoms. The zero-order chi connectivity index (χ0) is 86.2. The van der Waals surface area contributed by atoms with E-state index in [1.807, 2.05) is 65.6 Å². The highest BCUT2D eigenvalue weighted by molar-refractivity contribution is 6.30. The Hall–Kier alpha value is -13.1. The largest absolute Gasteiger partial charge is 0.418 e. The minimum atomic E-state index is -4.72. The maximum Gasteiger partial charge on any atom is 0.418 e. The summed E-state index contributed by atoms with van der Waals surface area (Å²) in [5.74, 6) is -1.95. The van der Waals surface area contributed by atoms with Crippen LogP contribution in [0.4, 0.5) is 72.9 Å². The molecule has 1 unspecified atom stereocenters. The van der Waals surface area contributed by atoms with Crippen LogP contribution < -0.4 is 63.8 Å². The van der Waals surface area contributed by atoms with Crippen LogP contribution in [0, 0.1) is 5.92 Å². The molecule has 4 aliphatic rings. The van der Waals surface area contributed by atoms with Crippen molar-refractivity contribution < 1.29 is 61.2 Å². The van der Waals surface area contributed by atoms with Gasteiger partial charge >= 0.3 is 6.18 Å². The van der Waals surface area contributed by atoms with Crippen LogP contribution in [0.2, 0.25) is 5.02 Å². The summed E-state index contributed by atoms with van der Waals surface area (Å²) in [6.45, 7) is 23.8. The van der Waals surface area contributed by atoms with Crippen molar-refractivity contribution >= 4 is 98.8 Å². The molecular weight excluding hydrogens is 1570 g/mol. The number of aromatic nitrogens is 8. The number of nitrogens with one attached hydrogen (secondary N) is 4. The topological polar surface area (TPSA) is 337 Å². The van der Waals surface area contributed by atoms with Gasteiger partial charge in [0.1, 0.15) is 86.8 Å². The number of pyridine rings is 8. The van der Waals surface area contributed by atoms with Crippen LogP contribution in [-0.2, 0) is 6.18 Å². The Morgan fingerprint density at radius 1 is 0.438 bits per heavy atom. The molecule has 4 fully saturated rings. The lowest BCUT2D eigenvalue weighted by molar-refractivity contribution is -0.138. The van der Waals surface area contributed by atoms with E-state index < -0.39 is 58.0 Å². The molecule has 3 aromatic carbocycles. The lowest BCUT2D eigenvalue weighted by Gasteiger charge is -2.41. The van der Waals surface area contributed by atoms with Crippen LogP contribution in [0.1, 0.15) is 164 Å². The lowest BCUT2D eigenvalue weighted by Crippen LogP contribution is -2.58. The van der Waals surface area contributed by atoms with Crippen LogP contribution in [-0.4, -0.2) is 147 Å². The highest BCUT2D eigenvalue weighted by Gasteiger charge is 2.39. The molecule has 0 saturated carbocycles. The third-order valence-corrected chi connectivity index (χ3v) is 21.2. The number of hydrogen-bond donors (Lipinski definition) is 8. The summed E-state index contributed by atoms with van der Waals surface area (Å²) in [6.07, 6.45) is 2.01. The molecule has 4 aliphatic heterocycles. The summed E-state index contributed by atoms with van der Waals surface area (Å²) < 4.78 is 83.1. The van der Waals surface area contributed by atoms with Crippen LogP contribution in [0.3, 0.4) is 0 Å². The van der Waals surface area contributed by atoms with Crippen molar-refractivity contribution in [2.75, 3.05) is 115 Å². The first-order chi connectivity index (χ1) is 58.1. The van der Waals surface area contributed by atoms with Crippen molar-refractivity contribution in [1.82, 2.24) is 61.1 Å². The molecule has 8 aromatic heterocycles. The molecule has 0 radical (unpaired) electrons. The van der Waals surface area contributed by atoms with E-state index in [1.54, 1.807) is 66.7 Å². The van der Waals surface area contributed by atoms with Crippen LogP contribution in [0.25, 0.3) is 17.5 Å². The van der Waals surface area contributed by atoms with E-state index in [0.717, 1.165) is 50.8 Å². The molecule has 15 rings (SSSR count). The predicted molar refractivity (Wildman–Crippen MR) is 485 cm³/mol. The normalized spacial score (nSPS) is 17.2. The minimum Gasteiger partial charge on any atom is -0.383 e. The van der Waals surface area contributed by atoms with E-state index in [-0.39, 0.29) is 125 Å². The maximum absolute atomic E-state index is 14.1. The number of ketones is 4. The molecule has 24 nitrogen and oxygen atoms in total. The summed E-state index contributed by atoms with van der Waals surface area (Å²) in [4.78, 5) is 93.8. The molecule has 11 aromatic rings. The summed E-state index contributed by atoms with van der Waals surface area (Å²) in [5, 5.41) is 14.7. The Morgan fingerprint density at radius 2 is 0.777 bits per heavy atom. The Bertz CT molecular complexity index is 5480. The average molecular weight is 1690 g/mol. The molecule has 0 aliphatic carbocycles. The smallest absolute Gasteiger partial charge is 0.383 e. The van der Waals surface area contributed by atoms with Crippen molar-refractivity contribution in [2.24, 2.45) is 5.92 Å². The molecule has 0 amide bonds. The van der Waals surface area contributed by atoms with E-state index in [0.29, 0.717) is 73.5 Å². The van der Waals surface area contributed by atoms with E-state index in [4.69, 9.17) is 34.5 Å². The predicted octanol–water partition coefficient (Wildman–Crippen LogP) is 17.0. The number of rotatable bonds is 20. The number of nitrogens with zero attached hydrogens (tertiary/aromatic N) is 12. The molecule has 0 bridgehead atoms. The first-order valence-corrected chi connectivity index (χ1v) is 39.5. The number of benzene rings is 3. The second-order valence-electron chi connectivity index (χ2n) is 29.3. The second-order valence-corrected chi connectivity index (χ2v) is 29.7. The van der Waals surface area contributed by atoms with Gasteiger partial charge in [0.25, 0.3) is 0 Å². The molecule has 121 heavy (non-hydrogen) atoms. The van der Waals surface area contributed by atoms with Gasteiger partial charge in [0, 0.05) is 164 Å². The zero-order valence-electron chi connectivity index (χ0n) is 66.7. The van der Waals surface area contributed by atoms with Crippen molar-refractivity contribution in [1.29, 1.82) is 0 Å². The standard InChI is InChI=1S/C23H21ClFN5O.2C23H22FN5O.C21H26F3N5O.11H2/c1-14(25)17-7-8-20(29-21(17)22(31)18-6-3-9-28-23(18)26)30-11-10-27-19(13-30)15-4-2-5-16(24)12-15;2*1-15(24)17-9-10-20(28-21(17)22(30)18-8-5-11-27-23(18)25)29-13-12-26-19(14-29)16-6-3-2-4-7-16;1-4-13-10-29(11-16(27-13)12(2)3)17-8-7-15(21(22,23)24)18(28-17)19(30)14-6-5-9-26-20(14)25;;;;;;;;;;;/h2-9,12,19,27H,1,10-11,13H2,(H2,26,28);2*2-11,19,26H,1,12-14H2,(H2,25,27);5-9,12-13,16,27H,4,10-11H2,1-3H3,(H2,25,26);11*1H/t;2*19-;13-,16+;;;;;;;;;;;/m.100.........../s1. The fraction of sp³-hybridized carbons (Fsp3) is 0.244. The van der Waals surface area contributed by atoms with E-state index in [2.05, 4.69) is 141 Å². The van der Waals surface area contributed by atoms with Crippen molar-refractivity contribution in [3.63, 3.8) is 0 Å². The lowest BCUT2D eigenvalue weighted by atomic mass is 9.98. The van der Waals surface area contributed by atoms with Gasteiger partial charge in [-0.05, 0) is 138 Å². The van der Waals surface area contributed by atoms with E-state index in [9.17, 15) is 45.5 Å². The van der Waals surface area contributed by atoms with Gasteiger partial charge in [-0.15, -0.1) is 0 Å². The fourth-order valence-corrected chi connectivity index (χ4v) is 14.7. The Kier molecular flexibility index (Phi) is 28.6. The number of piperazine rings is 4. The molecule has 12 N–H and O–H groups in total. The van der Waals surface area contributed by atoms with Crippen LogP contribution in [0.5, 0.6) is 0 Å². The number of alkyl halides is 3. The summed E-state index contributed by atoms with van der Waals surface area (Å²) >= 11 is 6.14. The van der Waals surface area contributed by atoms with Gasteiger partial charge in [0.15, 0.2) is 0 Å². The number of halogens is 7. The van der Waals surface area contributed by atoms with Crippen molar-refractivity contribution in [2.45, 2.75) is 63.6 Å². The number of carbonyl (C=O) groups is 4. The average Bonchev–Trinajstić information content (AvgIpc) is 0.801. The third-order valence-electron chi connectivity index (χ3n) is 21.0. The van der Waals surface area contributed by atoms with Crippen molar-refractivity contribution in [3.05, 3.63) is 316 Å². The first kappa shape index (κ1) is 87.2. The van der Waals surface area contributed by atoms with E-state index >= 15 is 0 Å². The highest BCUT2D eigenvalue weighted by Crippen LogP contribution is 2.37. The first-order valence-electron chi connectivity index (χ1n) is 39.1. The molecular formula is C90H113ClF6N20O4. The monoisotopic (exact) mass is 1690 g/mol. The second kappa shape index (κ2) is 39.6. The molecule has 5 atom stereocenters. The molecule has 12 heterocycles. The van der Waals surface area contributed by atoms with Crippen molar-refractivity contribution in [3.8, 4) is 0 Å². The van der Waals surface area contributed by atoms with Gasteiger partial charge in [-0.25, -0.2) is 53.0 Å². The van der Waals surface area contributed by atoms with Gasteiger partial charge in [-0.2, -0.15) is 13.2 Å². The van der Waals surface area contributed by atoms with Gasteiger partial charge in [-0.1, -0.05) is 125 Å². The van der Waals surface area contributed by atoms with Gasteiger partial charge in [-0.3, -0.25) is 19.2 Å². The number of nitrogen functional groups attached to an aromatic ring is 4. The molecule has 31 heteroatoms. The molecule has 4 saturated heterocycles. The number of anilines is 8. The van der Waals surface area contributed by atoms with Gasteiger partial charge in [0.2, 0.25) is 23.1 Å². The minimum absolute atomic E-state index is 0. The van der Waals surface area contributed by atoms with Crippen LogP contribution in [0.15, 0.2) is 227 Å². The quantitative estimate of drug-likeness (QED) is 0.0259. The van der Waals surface area contributed by atoms with Crippen LogP contribution >= 0.6 is 11.6 Å². The fourth-order valence-electron chi connectivity index (χ4n) is 14.5. The Balaban J connectivity index is 0.000000856. The SMILES string of the molecule is C=C(F)c1ccc(N2CCNC(c3cccc(Cl)c3)C2)nc1C(=O)c1cccnc1N.C=C(F)c1ccc(N2CCN[C@@H](c3ccccc3)C2)nc1C(=O)c1cccnc1N.C=C(F)c1ccc(N2CCN[C@H](c3ccccc3)C2)nc1C(=O)c1cccnc1N.CC[C@H]1CN(c2ccc(C(F)(F)F)c(C(=O)c3cccnc3N)n2)C[C@H](C(C)C)N1.[HH].[HH].[HH].[HH].[HH].[HH].[HH].[HH].[HH].[HH].[HH]. The highest BCUT2D eigenvalue weighted by atomic mass is 35.5. The number of nitrogens with two attached hydrogens (primary N) is 4. The number of hydrogen-bond acceptors (Lipinski definition) is 24. The number of carbonyl (C=O) groups excluding carboxylic acids is 4. The van der Waals surface area contributed by atoms with Gasteiger partial charge < -0.3 is 63.8 Å². The summed E-state index contributed by atoms with van der Waals surface area (Å²) in [7, 11) is 0. The third kappa shape index (κ3) is 21.3. The van der Waals surface area contributed by atoms with E-state index in [1.165, 1.54) is 60.2 Å². The Labute approximate surface area is 717 Å². The maximum atomic E-state index is 14.1. The van der Waals surface area contributed by atoms with Gasteiger partial charge in [0.05, 0.1) is 27.8 Å². The Morgan fingerprint density at radius 3 is 1.12 bits per heavy atom. The molecule has 646 valence electrons.